The lowest BCUT2D eigenvalue weighted by atomic mass is 10.1. The van der Waals surface area contributed by atoms with Gasteiger partial charge in [-0.2, -0.15) is 5.26 Å². The van der Waals surface area contributed by atoms with Crippen LogP contribution in [-0.2, 0) is 6.42 Å². The average Bonchev–Trinajstić information content (AvgIpc) is 3.18. The number of benzene rings is 1. The molecule has 0 saturated heterocycles. The van der Waals surface area contributed by atoms with Crippen molar-refractivity contribution in [3.05, 3.63) is 59.5 Å². The van der Waals surface area contributed by atoms with Crippen LogP contribution in [0, 0.1) is 11.3 Å². The van der Waals surface area contributed by atoms with Crippen molar-refractivity contribution < 1.29 is 9.21 Å². The first kappa shape index (κ1) is 14.0. The highest BCUT2D eigenvalue weighted by atomic mass is 32.1. The van der Waals surface area contributed by atoms with E-state index in [-0.39, 0.29) is 18.1 Å². The van der Waals surface area contributed by atoms with Gasteiger partial charge in [0.25, 0.3) is 5.91 Å². The normalized spacial score (nSPS) is 10.1. The van der Waals surface area contributed by atoms with Gasteiger partial charge in [-0.05, 0) is 12.1 Å². The summed E-state index contributed by atoms with van der Waals surface area (Å²) in [6.07, 6.45) is 1.65. The molecule has 0 bridgehead atoms. The Labute approximate surface area is 130 Å². The maximum atomic E-state index is 12.1. The van der Waals surface area contributed by atoms with Crippen molar-refractivity contribution in [1.29, 1.82) is 5.26 Å². The summed E-state index contributed by atoms with van der Waals surface area (Å²) in [5.41, 5.74) is 1.55. The quantitative estimate of drug-likeness (QED) is 0.796. The molecule has 0 unspecified atom stereocenters. The van der Waals surface area contributed by atoms with Gasteiger partial charge in [0.1, 0.15) is 15.7 Å². The number of hydrogen-bond donors (Lipinski definition) is 1. The second kappa shape index (κ2) is 6.24. The predicted octanol–water partition coefficient (Wildman–Crippen LogP) is 3.72. The molecule has 2 heterocycles. The molecule has 6 heteroatoms. The minimum Gasteiger partial charge on any atom is -0.459 e. The van der Waals surface area contributed by atoms with E-state index in [0.29, 0.717) is 15.7 Å². The largest absolute Gasteiger partial charge is 0.459 e. The highest BCUT2D eigenvalue weighted by Crippen LogP contribution is 2.33. The fraction of sp³-hybridized carbons (Fsp3) is 0.0625. The van der Waals surface area contributed by atoms with Crippen LogP contribution in [-0.4, -0.2) is 10.9 Å². The SMILES string of the molecule is N#CCc1nc(-c2ccccc2)c(NC(=O)c2ccco2)s1. The smallest absolute Gasteiger partial charge is 0.292 e. The number of nitriles is 1. The topological polar surface area (TPSA) is 78.9 Å². The summed E-state index contributed by atoms with van der Waals surface area (Å²) in [5.74, 6) is -0.108. The minimum absolute atomic E-state index is 0.209. The third-order valence-electron chi connectivity index (χ3n) is 2.92. The molecule has 0 fully saturated rings. The zero-order valence-corrected chi connectivity index (χ0v) is 12.3. The summed E-state index contributed by atoms with van der Waals surface area (Å²) in [4.78, 5) is 16.6. The molecule has 3 rings (SSSR count). The fourth-order valence-corrected chi connectivity index (χ4v) is 2.87. The molecule has 0 aliphatic rings. The number of hydrogen-bond acceptors (Lipinski definition) is 5. The van der Waals surface area contributed by atoms with Crippen LogP contribution in [0.25, 0.3) is 11.3 Å². The predicted molar refractivity (Wildman–Crippen MR) is 83.5 cm³/mol. The van der Waals surface area contributed by atoms with Gasteiger partial charge in [0, 0.05) is 5.56 Å². The van der Waals surface area contributed by atoms with E-state index >= 15 is 0 Å². The van der Waals surface area contributed by atoms with E-state index in [1.807, 2.05) is 30.3 Å². The summed E-state index contributed by atoms with van der Waals surface area (Å²) in [5, 5.41) is 12.9. The van der Waals surface area contributed by atoms with E-state index in [2.05, 4.69) is 16.4 Å². The van der Waals surface area contributed by atoms with E-state index in [4.69, 9.17) is 9.68 Å². The molecule has 1 amide bonds. The van der Waals surface area contributed by atoms with Crippen LogP contribution >= 0.6 is 11.3 Å². The number of carbonyl (C=O) groups excluding carboxylic acids is 1. The summed E-state index contributed by atoms with van der Waals surface area (Å²) in [7, 11) is 0. The van der Waals surface area contributed by atoms with Crippen LogP contribution in [0.15, 0.2) is 53.1 Å². The number of rotatable bonds is 4. The van der Waals surface area contributed by atoms with E-state index in [0.717, 1.165) is 5.56 Å². The van der Waals surface area contributed by atoms with Crippen LogP contribution in [0.4, 0.5) is 5.00 Å². The molecule has 1 N–H and O–H groups in total. The second-order valence-corrected chi connectivity index (χ2v) is 5.50. The van der Waals surface area contributed by atoms with Gasteiger partial charge in [-0.25, -0.2) is 4.98 Å². The van der Waals surface area contributed by atoms with Crippen molar-refractivity contribution in [3.63, 3.8) is 0 Å². The lowest BCUT2D eigenvalue weighted by Gasteiger charge is -2.03. The summed E-state index contributed by atoms with van der Waals surface area (Å²) in [6, 6.07) is 14.8. The Hall–Kier alpha value is -2.91. The number of aromatic nitrogens is 1. The Morgan fingerprint density at radius 2 is 2.09 bits per heavy atom. The molecular weight excluding hydrogens is 298 g/mol. The maximum absolute atomic E-state index is 12.1. The Balaban J connectivity index is 1.95. The van der Waals surface area contributed by atoms with Crippen molar-refractivity contribution in [1.82, 2.24) is 4.98 Å². The zero-order chi connectivity index (χ0) is 15.4. The van der Waals surface area contributed by atoms with Gasteiger partial charge in [-0.3, -0.25) is 4.79 Å². The van der Waals surface area contributed by atoms with Gasteiger partial charge < -0.3 is 9.73 Å². The molecule has 3 aromatic rings. The molecule has 22 heavy (non-hydrogen) atoms. The molecule has 0 atom stereocenters. The molecule has 0 aliphatic carbocycles. The van der Waals surface area contributed by atoms with Crippen molar-refractivity contribution >= 4 is 22.2 Å². The van der Waals surface area contributed by atoms with Crippen molar-refractivity contribution in [2.24, 2.45) is 0 Å². The summed E-state index contributed by atoms with van der Waals surface area (Å²) in [6.45, 7) is 0. The third-order valence-corrected chi connectivity index (χ3v) is 3.89. The molecular formula is C16H11N3O2S. The Bertz CT molecular complexity index is 817. The van der Waals surface area contributed by atoms with Gasteiger partial charge in [-0.15, -0.1) is 0 Å². The van der Waals surface area contributed by atoms with Crippen LogP contribution < -0.4 is 5.32 Å². The van der Waals surface area contributed by atoms with Crippen molar-refractivity contribution in [3.8, 4) is 17.3 Å². The number of carbonyl (C=O) groups is 1. The Morgan fingerprint density at radius 1 is 1.27 bits per heavy atom. The van der Waals surface area contributed by atoms with Gasteiger partial charge in [0.2, 0.25) is 0 Å². The lowest BCUT2D eigenvalue weighted by Crippen LogP contribution is -2.10. The maximum Gasteiger partial charge on any atom is 0.292 e. The second-order valence-electron chi connectivity index (χ2n) is 4.42. The average molecular weight is 309 g/mol. The van der Waals surface area contributed by atoms with Gasteiger partial charge in [0.05, 0.1) is 18.8 Å². The molecule has 108 valence electrons. The number of thiazole rings is 1. The van der Waals surface area contributed by atoms with E-state index in [1.54, 1.807) is 12.1 Å². The molecule has 0 aliphatic heterocycles. The molecule has 2 aromatic heterocycles. The summed E-state index contributed by atoms with van der Waals surface area (Å²) < 4.78 is 5.09. The van der Waals surface area contributed by atoms with Gasteiger partial charge >= 0.3 is 0 Å². The van der Waals surface area contributed by atoms with E-state index in [9.17, 15) is 4.79 Å². The Morgan fingerprint density at radius 3 is 2.77 bits per heavy atom. The first-order valence-corrected chi connectivity index (χ1v) is 7.36. The number of furan rings is 1. The van der Waals surface area contributed by atoms with Gasteiger partial charge in [0.15, 0.2) is 5.76 Å². The Kier molecular flexibility index (Phi) is 3.99. The number of anilines is 1. The van der Waals surface area contributed by atoms with Crippen molar-refractivity contribution in [2.45, 2.75) is 6.42 Å². The molecule has 0 radical (unpaired) electrons. The zero-order valence-electron chi connectivity index (χ0n) is 11.4. The monoisotopic (exact) mass is 309 g/mol. The first-order valence-electron chi connectivity index (χ1n) is 6.55. The van der Waals surface area contributed by atoms with Gasteiger partial charge in [-0.1, -0.05) is 41.7 Å². The third kappa shape index (κ3) is 2.90. The standard InChI is InChI=1S/C16H11N3O2S/c17-9-8-13-18-14(11-5-2-1-3-6-11)16(22-13)19-15(20)12-7-4-10-21-12/h1-7,10H,8H2,(H,19,20). The molecule has 0 saturated carbocycles. The van der Waals surface area contributed by atoms with Crippen LogP contribution in [0.5, 0.6) is 0 Å². The summed E-state index contributed by atoms with van der Waals surface area (Å²) >= 11 is 1.30. The molecule has 0 spiro atoms. The van der Waals surface area contributed by atoms with Crippen LogP contribution in [0.2, 0.25) is 0 Å². The number of nitrogens with one attached hydrogen (secondary N) is 1. The van der Waals surface area contributed by atoms with Crippen LogP contribution in [0.1, 0.15) is 15.6 Å². The first-order chi connectivity index (χ1) is 10.8. The highest BCUT2D eigenvalue weighted by molar-refractivity contribution is 7.16. The highest BCUT2D eigenvalue weighted by Gasteiger charge is 2.17. The van der Waals surface area contributed by atoms with E-state index in [1.165, 1.54) is 17.6 Å². The minimum atomic E-state index is -0.339. The number of nitrogens with zero attached hydrogens (tertiary/aromatic N) is 2. The van der Waals surface area contributed by atoms with E-state index < -0.39 is 0 Å². The molecule has 1 aromatic carbocycles. The van der Waals surface area contributed by atoms with Crippen molar-refractivity contribution in [2.75, 3.05) is 5.32 Å². The molecule has 5 nitrogen and oxygen atoms in total. The lowest BCUT2D eigenvalue weighted by molar-refractivity contribution is 0.0997. The number of amides is 1. The fourth-order valence-electron chi connectivity index (χ4n) is 1.96. The van der Waals surface area contributed by atoms with Crippen LogP contribution in [0.3, 0.4) is 0 Å².